The zero-order valence-corrected chi connectivity index (χ0v) is 13.3. The van der Waals surface area contributed by atoms with Gasteiger partial charge in [-0.05, 0) is 34.8 Å². The molecule has 0 aliphatic carbocycles. The van der Waals surface area contributed by atoms with Crippen LogP contribution in [-0.4, -0.2) is 28.5 Å². The third-order valence-electron chi connectivity index (χ3n) is 4.14. The van der Waals surface area contributed by atoms with Crippen molar-refractivity contribution in [3.63, 3.8) is 0 Å². The number of benzene rings is 1. The Morgan fingerprint density at radius 1 is 1.10 bits per heavy atom. The van der Waals surface area contributed by atoms with Crippen molar-refractivity contribution in [1.82, 2.24) is 9.47 Å². The lowest BCUT2D eigenvalue weighted by molar-refractivity contribution is 0.0762. The van der Waals surface area contributed by atoms with Crippen molar-refractivity contribution < 1.29 is 4.79 Å². The summed E-state index contributed by atoms with van der Waals surface area (Å²) in [4.78, 5) is 14.9. The lowest BCUT2D eigenvalue weighted by Gasteiger charge is -2.20. The smallest absolute Gasteiger partial charge is 0.257 e. The van der Waals surface area contributed by atoms with Crippen molar-refractivity contribution in [2.75, 3.05) is 13.1 Å². The van der Waals surface area contributed by atoms with Gasteiger partial charge in [0.2, 0.25) is 0 Å². The van der Waals surface area contributed by atoms with Gasteiger partial charge in [0.1, 0.15) is 0 Å². The molecule has 1 aliphatic rings. The number of rotatable bonds is 1. The molecule has 1 amide bonds. The summed E-state index contributed by atoms with van der Waals surface area (Å²) in [5.41, 5.74) is 1.91. The molecular weight excluding hydrogens is 316 g/mol. The Hall–Kier alpha value is -1.29. The summed E-state index contributed by atoms with van der Waals surface area (Å²) in [6, 6.07) is 8.09. The Balaban J connectivity index is 2.05. The molecule has 1 saturated heterocycles. The second-order valence-electron chi connectivity index (χ2n) is 5.45. The average molecular weight is 335 g/mol. The molecule has 1 aromatic heterocycles. The van der Waals surface area contributed by atoms with Crippen molar-refractivity contribution >= 4 is 32.7 Å². The summed E-state index contributed by atoms with van der Waals surface area (Å²) in [6.45, 7) is 1.77. The van der Waals surface area contributed by atoms with Crippen LogP contribution in [0.15, 0.2) is 28.9 Å². The molecule has 20 heavy (non-hydrogen) atoms. The third-order valence-corrected chi connectivity index (χ3v) is 5.07. The molecule has 0 unspecified atom stereocenters. The number of amides is 1. The minimum Gasteiger partial charge on any atom is -0.339 e. The van der Waals surface area contributed by atoms with Crippen LogP contribution in [-0.2, 0) is 7.05 Å². The van der Waals surface area contributed by atoms with Gasteiger partial charge in [0.25, 0.3) is 5.91 Å². The molecular formula is C16H19BrN2O. The van der Waals surface area contributed by atoms with Gasteiger partial charge in [0, 0.05) is 31.0 Å². The maximum absolute atomic E-state index is 12.9. The first-order valence-electron chi connectivity index (χ1n) is 7.22. The van der Waals surface area contributed by atoms with Crippen LogP contribution in [0, 0.1) is 0 Å². The minimum absolute atomic E-state index is 0.163. The molecule has 4 heteroatoms. The van der Waals surface area contributed by atoms with Gasteiger partial charge in [-0.2, -0.15) is 0 Å². The molecule has 2 heterocycles. The first kappa shape index (κ1) is 13.7. The fraction of sp³-hybridized carbons (Fsp3) is 0.438. The van der Waals surface area contributed by atoms with Crippen molar-refractivity contribution in [2.24, 2.45) is 7.05 Å². The van der Waals surface area contributed by atoms with Crippen molar-refractivity contribution in [3.8, 4) is 0 Å². The molecule has 2 aromatic rings. The largest absolute Gasteiger partial charge is 0.339 e. The highest BCUT2D eigenvalue weighted by Crippen LogP contribution is 2.30. The highest BCUT2D eigenvalue weighted by Gasteiger charge is 2.24. The molecule has 3 nitrogen and oxygen atoms in total. The minimum atomic E-state index is 0.163. The number of hydrogen-bond acceptors (Lipinski definition) is 1. The van der Waals surface area contributed by atoms with E-state index in [2.05, 4.69) is 22.0 Å². The van der Waals surface area contributed by atoms with Gasteiger partial charge in [-0.15, -0.1) is 0 Å². The van der Waals surface area contributed by atoms with E-state index in [0.29, 0.717) is 0 Å². The number of likely N-dealkylation sites (tertiary alicyclic amines) is 1. The molecule has 106 valence electrons. The number of para-hydroxylation sites is 1. The highest BCUT2D eigenvalue weighted by molar-refractivity contribution is 9.10. The average Bonchev–Trinajstić information content (AvgIpc) is 2.68. The highest BCUT2D eigenvalue weighted by atomic mass is 79.9. The zero-order valence-electron chi connectivity index (χ0n) is 11.7. The Kier molecular flexibility index (Phi) is 3.83. The van der Waals surface area contributed by atoms with Gasteiger partial charge in [0.15, 0.2) is 0 Å². The monoisotopic (exact) mass is 334 g/mol. The molecule has 1 aromatic carbocycles. The van der Waals surface area contributed by atoms with E-state index in [0.717, 1.165) is 47.0 Å². The van der Waals surface area contributed by atoms with Crippen molar-refractivity contribution in [1.29, 1.82) is 0 Å². The first-order valence-corrected chi connectivity index (χ1v) is 8.01. The van der Waals surface area contributed by atoms with Crippen LogP contribution in [0.4, 0.5) is 0 Å². The third kappa shape index (κ3) is 2.26. The van der Waals surface area contributed by atoms with Crippen LogP contribution in [0.3, 0.4) is 0 Å². The summed E-state index contributed by atoms with van der Waals surface area (Å²) < 4.78 is 2.92. The van der Waals surface area contributed by atoms with Crippen molar-refractivity contribution in [2.45, 2.75) is 25.7 Å². The van der Waals surface area contributed by atoms with Gasteiger partial charge < -0.3 is 9.47 Å². The fourth-order valence-corrected chi connectivity index (χ4v) is 3.57. The Morgan fingerprint density at radius 3 is 2.45 bits per heavy atom. The van der Waals surface area contributed by atoms with E-state index in [1.807, 2.05) is 34.7 Å². The van der Waals surface area contributed by atoms with E-state index in [1.165, 1.54) is 12.8 Å². The maximum atomic E-state index is 12.9. The number of nitrogens with zero attached hydrogens (tertiary/aromatic N) is 2. The van der Waals surface area contributed by atoms with Crippen LogP contribution >= 0.6 is 15.9 Å². The Labute approximate surface area is 127 Å². The molecule has 0 spiro atoms. The van der Waals surface area contributed by atoms with Crippen LogP contribution in [0.5, 0.6) is 0 Å². The number of carbonyl (C=O) groups excluding carboxylic acids is 1. The van der Waals surface area contributed by atoms with E-state index < -0.39 is 0 Å². The quantitative estimate of drug-likeness (QED) is 0.774. The summed E-state index contributed by atoms with van der Waals surface area (Å²) in [6.07, 6.45) is 4.71. The van der Waals surface area contributed by atoms with Gasteiger partial charge in [-0.1, -0.05) is 31.0 Å². The summed E-state index contributed by atoms with van der Waals surface area (Å²) >= 11 is 3.60. The standard InChI is InChI=1S/C16H19BrN2O/c1-18-13-9-5-4-8-12(13)14(15(18)17)16(20)19-10-6-2-3-7-11-19/h4-5,8-9H,2-3,6-7,10-11H2,1H3. The predicted octanol–water partition coefficient (Wildman–Crippen LogP) is 3.96. The van der Waals surface area contributed by atoms with Gasteiger partial charge in [-0.3, -0.25) is 4.79 Å². The van der Waals surface area contributed by atoms with Crippen LogP contribution in [0.25, 0.3) is 10.9 Å². The van der Waals surface area contributed by atoms with E-state index >= 15 is 0 Å². The van der Waals surface area contributed by atoms with Crippen molar-refractivity contribution in [3.05, 3.63) is 34.4 Å². The molecule has 0 N–H and O–H groups in total. The zero-order chi connectivity index (χ0) is 14.1. The van der Waals surface area contributed by atoms with E-state index in [1.54, 1.807) is 0 Å². The Bertz CT molecular complexity index is 639. The van der Waals surface area contributed by atoms with Gasteiger partial charge >= 0.3 is 0 Å². The molecule has 0 atom stereocenters. The maximum Gasteiger partial charge on any atom is 0.257 e. The van der Waals surface area contributed by atoms with E-state index in [4.69, 9.17) is 0 Å². The van der Waals surface area contributed by atoms with E-state index in [-0.39, 0.29) is 5.91 Å². The van der Waals surface area contributed by atoms with Crippen LogP contribution in [0.1, 0.15) is 36.0 Å². The molecule has 0 saturated carbocycles. The summed E-state index contributed by atoms with van der Waals surface area (Å²) in [5.74, 6) is 0.163. The van der Waals surface area contributed by atoms with Crippen LogP contribution in [0.2, 0.25) is 0 Å². The van der Waals surface area contributed by atoms with Crippen LogP contribution < -0.4 is 0 Å². The SMILES string of the molecule is Cn1c(Br)c(C(=O)N2CCCCCC2)c2ccccc21. The molecule has 0 radical (unpaired) electrons. The normalized spacial score (nSPS) is 16.4. The number of aryl methyl sites for hydroxylation is 1. The molecule has 1 fully saturated rings. The first-order chi connectivity index (χ1) is 9.70. The fourth-order valence-electron chi connectivity index (χ4n) is 3.00. The summed E-state index contributed by atoms with van der Waals surface area (Å²) in [7, 11) is 1.99. The second-order valence-corrected chi connectivity index (χ2v) is 6.20. The predicted molar refractivity (Wildman–Crippen MR) is 85.0 cm³/mol. The summed E-state index contributed by atoms with van der Waals surface area (Å²) in [5, 5.41) is 1.04. The number of halogens is 1. The number of hydrogen-bond donors (Lipinski definition) is 0. The van der Waals surface area contributed by atoms with Gasteiger partial charge in [0.05, 0.1) is 10.2 Å². The van der Waals surface area contributed by atoms with Gasteiger partial charge in [-0.25, -0.2) is 0 Å². The van der Waals surface area contributed by atoms with E-state index in [9.17, 15) is 4.79 Å². The lowest BCUT2D eigenvalue weighted by atomic mass is 10.1. The number of carbonyl (C=O) groups is 1. The lowest BCUT2D eigenvalue weighted by Crippen LogP contribution is -2.32. The Morgan fingerprint density at radius 2 is 1.75 bits per heavy atom. The molecule has 1 aliphatic heterocycles. The molecule has 3 rings (SSSR count). The molecule has 0 bridgehead atoms. The topological polar surface area (TPSA) is 25.2 Å². The second kappa shape index (κ2) is 5.60. The number of aromatic nitrogens is 1. The number of fused-ring (bicyclic) bond motifs is 1.